The second-order valence-corrected chi connectivity index (χ2v) is 8.32. The summed E-state index contributed by atoms with van der Waals surface area (Å²) in [4.78, 5) is 2.23. The summed E-state index contributed by atoms with van der Waals surface area (Å²) in [6.45, 7) is 6.55. The summed E-state index contributed by atoms with van der Waals surface area (Å²) in [6.07, 6.45) is -0.535. The van der Waals surface area contributed by atoms with E-state index in [0.29, 0.717) is 16.6 Å². The summed E-state index contributed by atoms with van der Waals surface area (Å²) in [5.41, 5.74) is 1.96. The van der Waals surface area contributed by atoms with E-state index in [9.17, 15) is 5.11 Å². The van der Waals surface area contributed by atoms with Crippen LogP contribution in [0.15, 0.2) is 48.5 Å². The van der Waals surface area contributed by atoms with Gasteiger partial charge in [-0.2, -0.15) is 0 Å². The molecule has 0 aliphatic carbocycles. The highest BCUT2D eigenvalue weighted by Gasteiger charge is 2.24. The minimum absolute atomic E-state index is 0.174. The molecule has 0 radical (unpaired) electrons. The highest BCUT2D eigenvalue weighted by molar-refractivity contribution is 6.30. The molecule has 0 amide bonds. The van der Waals surface area contributed by atoms with E-state index in [4.69, 9.17) is 32.7 Å². The van der Waals surface area contributed by atoms with Gasteiger partial charge in [-0.05, 0) is 49.2 Å². The maximum Gasteiger partial charge on any atom is 0.108 e. The summed E-state index contributed by atoms with van der Waals surface area (Å²) < 4.78 is 11.9. The van der Waals surface area contributed by atoms with Crippen molar-refractivity contribution in [2.45, 2.75) is 38.3 Å². The molecule has 1 saturated heterocycles. The molecule has 6 heteroatoms. The van der Waals surface area contributed by atoms with Crippen LogP contribution in [0.5, 0.6) is 0 Å². The number of aliphatic hydroxyl groups is 1. The Morgan fingerprint density at radius 2 is 1.43 bits per heavy atom. The third-order valence-corrected chi connectivity index (χ3v) is 5.27. The molecule has 152 valence electrons. The molecular weight excluding hydrogens is 397 g/mol. The minimum atomic E-state index is -0.584. The number of benzene rings is 2. The number of rotatable bonds is 7. The standard InChI is InChI=1S/C22H27Cl2NO3/c1-15-11-25(12-16(2)28-15)13-21(26)14-27-22(17-3-7-19(23)8-4-17)18-5-9-20(24)10-6-18/h3-10,15-16,21-22,26H,11-14H2,1-2H3/t15-,16-,21+/m1/s1. The summed E-state index contributed by atoms with van der Waals surface area (Å²) in [5.74, 6) is 0. The fourth-order valence-electron chi connectivity index (χ4n) is 3.65. The highest BCUT2D eigenvalue weighted by Crippen LogP contribution is 2.28. The lowest BCUT2D eigenvalue weighted by atomic mass is 10.0. The van der Waals surface area contributed by atoms with Gasteiger partial charge in [-0.3, -0.25) is 4.90 Å². The van der Waals surface area contributed by atoms with E-state index >= 15 is 0 Å². The first-order chi connectivity index (χ1) is 13.4. The quantitative estimate of drug-likeness (QED) is 0.707. The second-order valence-electron chi connectivity index (χ2n) is 7.45. The second kappa shape index (κ2) is 10.1. The van der Waals surface area contributed by atoms with Gasteiger partial charge in [-0.1, -0.05) is 47.5 Å². The van der Waals surface area contributed by atoms with Crippen LogP contribution in [-0.2, 0) is 9.47 Å². The Morgan fingerprint density at radius 1 is 0.964 bits per heavy atom. The highest BCUT2D eigenvalue weighted by atomic mass is 35.5. The zero-order valence-corrected chi connectivity index (χ0v) is 17.7. The molecule has 1 aliphatic heterocycles. The lowest BCUT2D eigenvalue weighted by Crippen LogP contribution is -2.48. The van der Waals surface area contributed by atoms with Gasteiger partial charge in [0.15, 0.2) is 0 Å². The van der Waals surface area contributed by atoms with Crippen LogP contribution in [0, 0.1) is 0 Å². The van der Waals surface area contributed by atoms with Crippen LogP contribution in [0.3, 0.4) is 0 Å². The van der Waals surface area contributed by atoms with Crippen LogP contribution in [0.1, 0.15) is 31.1 Å². The largest absolute Gasteiger partial charge is 0.389 e. The third kappa shape index (κ3) is 6.18. The molecule has 3 atom stereocenters. The summed E-state index contributed by atoms with van der Waals surface area (Å²) >= 11 is 12.1. The first-order valence-electron chi connectivity index (χ1n) is 9.59. The van der Waals surface area contributed by atoms with Gasteiger partial charge in [-0.25, -0.2) is 0 Å². The topological polar surface area (TPSA) is 41.9 Å². The minimum Gasteiger partial charge on any atom is -0.389 e. The molecule has 3 rings (SSSR count). The molecule has 28 heavy (non-hydrogen) atoms. The van der Waals surface area contributed by atoms with E-state index in [1.807, 2.05) is 48.5 Å². The zero-order chi connectivity index (χ0) is 20.1. The molecule has 1 heterocycles. The number of aliphatic hydroxyl groups excluding tert-OH is 1. The predicted octanol–water partition coefficient (Wildman–Crippen LogP) is 4.57. The fourth-order valence-corrected chi connectivity index (χ4v) is 3.90. The Hall–Kier alpha value is -1.14. The Morgan fingerprint density at radius 3 is 1.89 bits per heavy atom. The van der Waals surface area contributed by atoms with Crippen LogP contribution in [-0.4, -0.2) is 54.6 Å². The van der Waals surface area contributed by atoms with Crippen molar-refractivity contribution in [1.29, 1.82) is 0 Å². The SMILES string of the molecule is C[C@@H]1CN(C[C@H](O)COC(c2ccc(Cl)cc2)c2ccc(Cl)cc2)C[C@@H](C)O1. The van der Waals surface area contributed by atoms with Crippen molar-refractivity contribution in [2.75, 3.05) is 26.2 Å². The van der Waals surface area contributed by atoms with Crippen molar-refractivity contribution < 1.29 is 14.6 Å². The smallest absolute Gasteiger partial charge is 0.108 e. The average Bonchev–Trinajstić information content (AvgIpc) is 2.64. The van der Waals surface area contributed by atoms with Gasteiger partial charge in [0, 0.05) is 29.7 Å². The van der Waals surface area contributed by atoms with E-state index in [1.54, 1.807) is 0 Å². The Kier molecular flexibility index (Phi) is 7.75. The van der Waals surface area contributed by atoms with Gasteiger partial charge in [0.1, 0.15) is 6.10 Å². The molecule has 1 fully saturated rings. The normalized spacial score (nSPS) is 21.8. The Balaban J connectivity index is 1.65. The van der Waals surface area contributed by atoms with Crippen LogP contribution in [0.4, 0.5) is 0 Å². The molecule has 0 saturated carbocycles. The van der Waals surface area contributed by atoms with Gasteiger partial charge >= 0.3 is 0 Å². The molecule has 0 unspecified atom stereocenters. The van der Waals surface area contributed by atoms with Crippen molar-refractivity contribution in [3.8, 4) is 0 Å². The maximum atomic E-state index is 10.6. The zero-order valence-electron chi connectivity index (χ0n) is 16.2. The third-order valence-electron chi connectivity index (χ3n) is 4.76. The van der Waals surface area contributed by atoms with Crippen LogP contribution in [0.25, 0.3) is 0 Å². The van der Waals surface area contributed by atoms with Gasteiger partial charge in [0.25, 0.3) is 0 Å². The number of morpholine rings is 1. The van der Waals surface area contributed by atoms with Crippen LogP contribution >= 0.6 is 23.2 Å². The summed E-state index contributed by atoms with van der Waals surface area (Å²) in [7, 11) is 0. The number of nitrogens with zero attached hydrogens (tertiary/aromatic N) is 1. The molecule has 2 aromatic carbocycles. The van der Waals surface area contributed by atoms with Gasteiger partial charge in [0.05, 0.1) is 24.9 Å². The van der Waals surface area contributed by atoms with E-state index in [-0.39, 0.29) is 24.9 Å². The van der Waals surface area contributed by atoms with Gasteiger partial charge in [0.2, 0.25) is 0 Å². The molecule has 1 aliphatic rings. The lowest BCUT2D eigenvalue weighted by molar-refractivity contribution is -0.0843. The first-order valence-corrected chi connectivity index (χ1v) is 10.3. The molecule has 4 nitrogen and oxygen atoms in total. The monoisotopic (exact) mass is 423 g/mol. The molecule has 0 spiro atoms. The summed E-state index contributed by atoms with van der Waals surface area (Å²) in [5, 5.41) is 11.9. The molecule has 1 N–H and O–H groups in total. The van der Waals surface area contributed by atoms with Crippen LogP contribution < -0.4 is 0 Å². The lowest BCUT2D eigenvalue weighted by Gasteiger charge is -2.36. The maximum absolute atomic E-state index is 10.6. The van der Waals surface area contributed by atoms with Gasteiger partial charge in [-0.15, -0.1) is 0 Å². The van der Waals surface area contributed by atoms with E-state index < -0.39 is 6.10 Å². The average molecular weight is 424 g/mol. The van der Waals surface area contributed by atoms with Crippen molar-refractivity contribution in [2.24, 2.45) is 0 Å². The van der Waals surface area contributed by atoms with Crippen LogP contribution in [0.2, 0.25) is 10.0 Å². The predicted molar refractivity (Wildman–Crippen MR) is 113 cm³/mol. The number of hydrogen-bond donors (Lipinski definition) is 1. The molecular formula is C22H27Cl2NO3. The summed E-state index contributed by atoms with van der Waals surface area (Å²) in [6, 6.07) is 15.1. The van der Waals surface area contributed by atoms with Crippen molar-refractivity contribution in [1.82, 2.24) is 4.90 Å². The number of hydrogen-bond acceptors (Lipinski definition) is 4. The van der Waals surface area contributed by atoms with E-state index in [1.165, 1.54) is 0 Å². The Bertz CT molecular complexity index is 683. The number of ether oxygens (including phenoxy) is 2. The van der Waals surface area contributed by atoms with E-state index in [2.05, 4.69) is 18.7 Å². The first kappa shape index (κ1) is 21.6. The molecule has 2 aromatic rings. The number of halogens is 2. The molecule has 0 aromatic heterocycles. The molecule has 0 bridgehead atoms. The van der Waals surface area contributed by atoms with Gasteiger partial charge < -0.3 is 14.6 Å². The van der Waals surface area contributed by atoms with Crippen molar-refractivity contribution in [3.05, 3.63) is 69.7 Å². The van der Waals surface area contributed by atoms with E-state index in [0.717, 1.165) is 24.2 Å². The fraction of sp³-hybridized carbons (Fsp3) is 0.455. The Labute approximate surface area is 177 Å². The van der Waals surface area contributed by atoms with Crippen molar-refractivity contribution in [3.63, 3.8) is 0 Å². The number of β-amino-alcohol motifs (C(OH)–C–C–N with tert-alkyl or cyclic N) is 1. The van der Waals surface area contributed by atoms with Crippen molar-refractivity contribution >= 4 is 23.2 Å².